The van der Waals surface area contributed by atoms with E-state index in [1.54, 1.807) is 0 Å². The fraction of sp³-hybridized carbons (Fsp3) is 0.647. The first kappa shape index (κ1) is 18.0. The molecule has 1 aromatic rings. The van der Waals surface area contributed by atoms with Crippen LogP contribution >= 0.6 is 0 Å². The summed E-state index contributed by atoms with van der Waals surface area (Å²) in [6.45, 7) is 7.20. The number of hydrogen-bond acceptors (Lipinski definition) is 4. The van der Waals surface area contributed by atoms with Gasteiger partial charge in [-0.3, -0.25) is 0 Å². The second-order valence-corrected chi connectivity index (χ2v) is 4.64. The fourth-order valence-electron chi connectivity index (χ4n) is 1.89. The maximum absolute atomic E-state index is 5.63. The molecule has 0 amide bonds. The highest BCUT2D eigenvalue weighted by atomic mass is 16.7. The lowest BCUT2D eigenvalue weighted by atomic mass is 10.2. The van der Waals surface area contributed by atoms with Gasteiger partial charge in [-0.25, -0.2) is 0 Å². The molecule has 0 saturated carbocycles. The Morgan fingerprint density at radius 3 is 2.19 bits per heavy atom. The Morgan fingerprint density at radius 1 is 0.857 bits per heavy atom. The maximum atomic E-state index is 5.63. The van der Waals surface area contributed by atoms with Crippen molar-refractivity contribution in [2.24, 2.45) is 0 Å². The number of ether oxygens (including phenoxy) is 4. The smallest absolute Gasteiger partial charge is 0.180 e. The molecule has 4 nitrogen and oxygen atoms in total. The van der Waals surface area contributed by atoms with E-state index in [9.17, 15) is 0 Å². The maximum Gasteiger partial charge on any atom is 0.180 e. The van der Waals surface area contributed by atoms with Crippen molar-refractivity contribution in [2.45, 2.75) is 39.4 Å². The van der Waals surface area contributed by atoms with Gasteiger partial charge in [0.15, 0.2) is 6.29 Å². The summed E-state index contributed by atoms with van der Waals surface area (Å²) in [4.78, 5) is 0. The van der Waals surface area contributed by atoms with Crippen LogP contribution in [0.1, 0.15) is 33.1 Å². The van der Waals surface area contributed by atoms with Crippen molar-refractivity contribution in [2.75, 3.05) is 33.0 Å². The van der Waals surface area contributed by atoms with Gasteiger partial charge >= 0.3 is 0 Å². The lowest BCUT2D eigenvalue weighted by Crippen LogP contribution is -2.23. The Labute approximate surface area is 128 Å². The summed E-state index contributed by atoms with van der Waals surface area (Å²) in [5.74, 6) is 0.935. The third-order valence-electron chi connectivity index (χ3n) is 2.90. The normalized spacial score (nSPS) is 11.0. The molecule has 0 atom stereocenters. The van der Waals surface area contributed by atoms with Gasteiger partial charge in [0.25, 0.3) is 0 Å². The SMILES string of the molecule is CCOC(COCCCCCOc1ccccc1)OCC. The second-order valence-electron chi connectivity index (χ2n) is 4.64. The van der Waals surface area contributed by atoms with Gasteiger partial charge in [-0.1, -0.05) is 18.2 Å². The Hall–Kier alpha value is -1.10. The van der Waals surface area contributed by atoms with E-state index in [0.29, 0.717) is 19.8 Å². The average Bonchev–Trinajstić information content (AvgIpc) is 2.51. The predicted molar refractivity (Wildman–Crippen MR) is 83.6 cm³/mol. The Bertz CT molecular complexity index is 323. The van der Waals surface area contributed by atoms with Gasteiger partial charge in [0.05, 0.1) is 13.2 Å². The molecule has 0 spiro atoms. The quantitative estimate of drug-likeness (QED) is 0.411. The molecule has 0 radical (unpaired) electrons. The molecule has 0 fully saturated rings. The molecule has 0 N–H and O–H groups in total. The van der Waals surface area contributed by atoms with E-state index in [2.05, 4.69) is 0 Å². The van der Waals surface area contributed by atoms with Gasteiger partial charge < -0.3 is 18.9 Å². The molecule has 0 aromatic heterocycles. The zero-order valence-electron chi connectivity index (χ0n) is 13.3. The van der Waals surface area contributed by atoms with E-state index in [0.717, 1.165) is 38.2 Å². The number of para-hydroxylation sites is 1. The highest BCUT2D eigenvalue weighted by molar-refractivity contribution is 5.20. The van der Waals surface area contributed by atoms with Crippen LogP contribution in [0.25, 0.3) is 0 Å². The number of benzene rings is 1. The van der Waals surface area contributed by atoms with Crippen molar-refractivity contribution in [3.63, 3.8) is 0 Å². The predicted octanol–water partition coefficient (Wildman–Crippen LogP) is 3.65. The van der Waals surface area contributed by atoms with Crippen LogP contribution in [-0.2, 0) is 14.2 Å². The molecule has 120 valence electrons. The highest BCUT2D eigenvalue weighted by Crippen LogP contribution is 2.09. The van der Waals surface area contributed by atoms with Crippen molar-refractivity contribution in [1.82, 2.24) is 0 Å². The summed E-state index contributed by atoms with van der Waals surface area (Å²) in [6.07, 6.45) is 2.93. The number of unbranched alkanes of at least 4 members (excludes halogenated alkanes) is 2. The van der Waals surface area contributed by atoms with Gasteiger partial charge in [0.1, 0.15) is 5.75 Å². The van der Waals surface area contributed by atoms with Crippen LogP contribution in [0.5, 0.6) is 5.75 Å². The highest BCUT2D eigenvalue weighted by Gasteiger charge is 2.07. The van der Waals surface area contributed by atoms with E-state index in [1.165, 1.54) is 0 Å². The molecule has 0 aliphatic carbocycles. The number of hydrogen-bond donors (Lipinski definition) is 0. The lowest BCUT2D eigenvalue weighted by Gasteiger charge is -2.16. The molecule has 0 unspecified atom stereocenters. The zero-order chi connectivity index (χ0) is 15.2. The largest absolute Gasteiger partial charge is 0.494 e. The van der Waals surface area contributed by atoms with Crippen molar-refractivity contribution < 1.29 is 18.9 Å². The van der Waals surface area contributed by atoms with Crippen LogP contribution in [0.4, 0.5) is 0 Å². The Balaban J connectivity index is 1.92. The van der Waals surface area contributed by atoms with Crippen molar-refractivity contribution in [1.29, 1.82) is 0 Å². The molecule has 4 heteroatoms. The van der Waals surface area contributed by atoms with Crippen molar-refractivity contribution >= 4 is 0 Å². The first-order chi connectivity index (χ1) is 10.4. The average molecular weight is 296 g/mol. The molecule has 0 saturated heterocycles. The molecule has 0 aliphatic rings. The first-order valence-electron chi connectivity index (χ1n) is 7.85. The van der Waals surface area contributed by atoms with Crippen LogP contribution in [0.2, 0.25) is 0 Å². The van der Waals surface area contributed by atoms with Crippen molar-refractivity contribution in [3.8, 4) is 5.75 Å². The minimum atomic E-state index is -0.235. The van der Waals surface area contributed by atoms with Gasteiger partial charge in [-0.05, 0) is 45.2 Å². The summed E-state index contributed by atoms with van der Waals surface area (Å²) in [7, 11) is 0. The van der Waals surface area contributed by atoms with Crippen LogP contribution < -0.4 is 4.74 Å². The van der Waals surface area contributed by atoms with Crippen LogP contribution in [0, 0.1) is 0 Å². The molecule has 21 heavy (non-hydrogen) atoms. The minimum Gasteiger partial charge on any atom is -0.494 e. The summed E-state index contributed by atoms with van der Waals surface area (Å²) >= 11 is 0. The van der Waals surface area contributed by atoms with Crippen LogP contribution in [0.15, 0.2) is 30.3 Å². The molecule has 0 aliphatic heterocycles. The molecule has 0 bridgehead atoms. The van der Waals surface area contributed by atoms with E-state index < -0.39 is 0 Å². The summed E-state index contributed by atoms with van der Waals surface area (Å²) in [5.41, 5.74) is 0. The van der Waals surface area contributed by atoms with E-state index >= 15 is 0 Å². The standard InChI is InChI=1S/C17H28O4/c1-3-19-17(20-4-2)15-18-13-9-6-10-14-21-16-11-7-5-8-12-16/h5,7-8,11-12,17H,3-4,6,9-10,13-15H2,1-2H3. The third kappa shape index (κ3) is 9.45. The summed E-state index contributed by atoms with van der Waals surface area (Å²) in [5, 5.41) is 0. The second kappa shape index (κ2) is 12.6. The monoisotopic (exact) mass is 296 g/mol. The van der Waals surface area contributed by atoms with Gasteiger partial charge in [-0.2, -0.15) is 0 Å². The van der Waals surface area contributed by atoms with Gasteiger partial charge in [-0.15, -0.1) is 0 Å². The van der Waals surface area contributed by atoms with E-state index in [1.807, 2.05) is 44.2 Å². The van der Waals surface area contributed by atoms with Gasteiger partial charge in [0.2, 0.25) is 0 Å². The fourth-order valence-corrected chi connectivity index (χ4v) is 1.89. The van der Waals surface area contributed by atoms with E-state index in [-0.39, 0.29) is 6.29 Å². The molecular weight excluding hydrogens is 268 g/mol. The first-order valence-corrected chi connectivity index (χ1v) is 7.85. The molecular formula is C17H28O4. The third-order valence-corrected chi connectivity index (χ3v) is 2.90. The summed E-state index contributed by atoms with van der Waals surface area (Å²) < 4.78 is 22.0. The Morgan fingerprint density at radius 2 is 1.52 bits per heavy atom. The zero-order valence-corrected chi connectivity index (χ0v) is 13.3. The van der Waals surface area contributed by atoms with E-state index in [4.69, 9.17) is 18.9 Å². The minimum absolute atomic E-state index is 0.235. The van der Waals surface area contributed by atoms with Crippen LogP contribution in [0.3, 0.4) is 0 Å². The van der Waals surface area contributed by atoms with Gasteiger partial charge in [0, 0.05) is 19.8 Å². The van der Waals surface area contributed by atoms with Crippen LogP contribution in [-0.4, -0.2) is 39.3 Å². The number of rotatable bonds is 13. The van der Waals surface area contributed by atoms with Crippen molar-refractivity contribution in [3.05, 3.63) is 30.3 Å². The molecule has 1 rings (SSSR count). The molecule has 1 aromatic carbocycles. The topological polar surface area (TPSA) is 36.9 Å². The summed E-state index contributed by atoms with van der Waals surface area (Å²) in [6, 6.07) is 9.91. The lowest BCUT2D eigenvalue weighted by molar-refractivity contribution is -0.167. The Kier molecular flexibility index (Phi) is 10.8. The molecule has 0 heterocycles.